The summed E-state index contributed by atoms with van der Waals surface area (Å²) in [5, 5.41) is 2.31. The van der Waals surface area contributed by atoms with Crippen molar-refractivity contribution in [2.24, 2.45) is 5.92 Å². The van der Waals surface area contributed by atoms with Crippen LogP contribution in [0.2, 0.25) is 0 Å². The molecule has 8 nitrogen and oxygen atoms in total. The highest BCUT2D eigenvalue weighted by molar-refractivity contribution is 6.07. The molecule has 0 saturated carbocycles. The van der Waals surface area contributed by atoms with Gasteiger partial charge in [0.2, 0.25) is 5.91 Å². The summed E-state index contributed by atoms with van der Waals surface area (Å²) in [4.78, 5) is 42.5. The number of alkyl halides is 1. The van der Waals surface area contributed by atoms with Crippen molar-refractivity contribution in [2.75, 3.05) is 51.3 Å². The molecule has 4 rings (SSSR count). The summed E-state index contributed by atoms with van der Waals surface area (Å²) in [5.74, 6) is 0.648. The number of nitrogens with zero attached hydrogens (tertiary/aromatic N) is 3. The number of carbonyl (C=O) groups is 3. The zero-order valence-electron chi connectivity index (χ0n) is 19.2. The number of hydrogen-bond acceptors (Lipinski definition) is 5. The Labute approximate surface area is 194 Å². The van der Waals surface area contributed by atoms with Gasteiger partial charge in [-0.1, -0.05) is 0 Å². The van der Waals surface area contributed by atoms with Crippen molar-refractivity contribution < 1.29 is 23.5 Å². The molecule has 1 atom stereocenters. The average molecular weight is 461 g/mol. The van der Waals surface area contributed by atoms with Crippen molar-refractivity contribution in [1.82, 2.24) is 15.1 Å². The predicted octanol–water partition coefficient (Wildman–Crippen LogP) is 2.82. The van der Waals surface area contributed by atoms with Gasteiger partial charge in [0, 0.05) is 38.2 Å². The van der Waals surface area contributed by atoms with E-state index in [2.05, 4.69) is 10.2 Å². The molecule has 0 radical (unpaired) electrons. The van der Waals surface area contributed by atoms with Gasteiger partial charge in [0.25, 0.3) is 5.91 Å². The third kappa shape index (κ3) is 5.63. The maximum atomic E-state index is 13.6. The monoisotopic (exact) mass is 460 g/mol. The molecule has 0 spiro atoms. The molecule has 0 bridgehead atoms. The molecule has 1 aromatic carbocycles. The molecular formula is C24H33FN4O4. The molecule has 1 N–H and O–H groups in total. The van der Waals surface area contributed by atoms with Gasteiger partial charge in [-0.25, -0.2) is 9.18 Å². The number of hydrogen-bond donors (Lipinski definition) is 1. The molecular weight excluding hydrogens is 427 g/mol. The third-order valence-electron chi connectivity index (χ3n) is 6.97. The second-order valence-electron chi connectivity index (χ2n) is 9.21. The lowest BCUT2D eigenvalue weighted by molar-refractivity contribution is -0.120. The van der Waals surface area contributed by atoms with Crippen LogP contribution in [0.1, 0.15) is 48.9 Å². The van der Waals surface area contributed by atoms with Crippen LogP contribution in [0.3, 0.4) is 0 Å². The number of rotatable bonds is 6. The van der Waals surface area contributed by atoms with Gasteiger partial charge in [0.1, 0.15) is 11.9 Å². The molecule has 33 heavy (non-hydrogen) atoms. The molecule has 3 aliphatic rings. The molecule has 3 heterocycles. The van der Waals surface area contributed by atoms with Crippen LogP contribution >= 0.6 is 0 Å². The van der Waals surface area contributed by atoms with Gasteiger partial charge in [0.15, 0.2) is 0 Å². The lowest BCUT2D eigenvalue weighted by Gasteiger charge is -2.34. The van der Waals surface area contributed by atoms with Crippen LogP contribution in [-0.4, -0.2) is 80.2 Å². The molecule has 3 fully saturated rings. The highest BCUT2D eigenvalue weighted by atomic mass is 19.1. The highest BCUT2D eigenvalue weighted by Crippen LogP contribution is 2.32. The van der Waals surface area contributed by atoms with Gasteiger partial charge in [-0.15, -0.1) is 0 Å². The fourth-order valence-electron chi connectivity index (χ4n) is 5.00. The number of carbonyl (C=O) groups excluding carboxylic acids is 3. The lowest BCUT2D eigenvalue weighted by atomic mass is 9.92. The lowest BCUT2D eigenvalue weighted by Crippen LogP contribution is -2.49. The topological polar surface area (TPSA) is 82.2 Å². The molecule has 4 amide bonds. The Bertz CT molecular complexity index is 887. The van der Waals surface area contributed by atoms with Gasteiger partial charge in [0.05, 0.1) is 12.8 Å². The van der Waals surface area contributed by atoms with E-state index < -0.39 is 12.2 Å². The minimum absolute atomic E-state index is 0.0675. The van der Waals surface area contributed by atoms with Crippen molar-refractivity contribution >= 4 is 23.5 Å². The molecule has 0 aliphatic carbocycles. The number of amides is 4. The van der Waals surface area contributed by atoms with E-state index in [9.17, 15) is 18.8 Å². The second-order valence-corrected chi connectivity index (χ2v) is 9.21. The summed E-state index contributed by atoms with van der Waals surface area (Å²) < 4.78 is 19.0. The minimum Gasteiger partial charge on any atom is -0.495 e. The minimum atomic E-state index is -0.691. The Hall–Kier alpha value is -2.68. The number of halogens is 1. The molecule has 1 aromatic rings. The fraction of sp³-hybridized carbons (Fsp3) is 0.625. The molecule has 0 aromatic heterocycles. The van der Waals surface area contributed by atoms with Gasteiger partial charge >= 0.3 is 6.03 Å². The first-order valence-corrected chi connectivity index (χ1v) is 11.9. The van der Waals surface area contributed by atoms with Crippen molar-refractivity contribution in [2.45, 2.75) is 44.7 Å². The van der Waals surface area contributed by atoms with Crippen molar-refractivity contribution in [3.8, 4) is 5.75 Å². The largest absolute Gasteiger partial charge is 0.495 e. The molecule has 3 aliphatic heterocycles. The van der Waals surface area contributed by atoms with Crippen molar-refractivity contribution in [3.05, 3.63) is 23.8 Å². The van der Waals surface area contributed by atoms with Gasteiger partial charge < -0.3 is 14.5 Å². The Morgan fingerprint density at radius 3 is 2.64 bits per heavy atom. The van der Waals surface area contributed by atoms with Crippen molar-refractivity contribution in [1.29, 1.82) is 0 Å². The standard InChI is InChI=1S/C24H33FN4O4/c1-33-21-5-4-18(15-20(21)29-14-9-22(30)26-24(29)32)23(31)28-12-7-17(8-13-28)6-11-27-10-2-3-19(25)16-27/h4-5,15,17,19H,2-3,6-14,16H2,1H3,(H,26,30,32)/t19-/m0/s1. The third-order valence-corrected chi connectivity index (χ3v) is 6.97. The summed E-state index contributed by atoms with van der Waals surface area (Å²) in [6, 6.07) is 4.57. The number of imide groups is 1. The first-order chi connectivity index (χ1) is 15.9. The quantitative estimate of drug-likeness (QED) is 0.706. The van der Waals surface area contributed by atoms with Gasteiger partial charge in [-0.3, -0.25) is 19.8 Å². The average Bonchev–Trinajstić information content (AvgIpc) is 2.82. The van der Waals surface area contributed by atoms with E-state index >= 15 is 0 Å². The maximum Gasteiger partial charge on any atom is 0.328 e. The Balaban J connectivity index is 1.34. The molecule has 3 saturated heterocycles. The van der Waals surface area contributed by atoms with Crippen LogP contribution < -0.4 is 15.0 Å². The maximum absolute atomic E-state index is 13.6. The smallest absolute Gasteiger partial charge is 0.328 e. The Kier molecular flexibility index (Phi) is 7.47. The van der Waals surface area contributed by atoms with Crippen LogP contribution in [-0.2, 0) is 4.79 Å². The normalized spacial score (nSPS) is 22.9. The van der Waals surface area contributed by atoms with E-state index in [1.165, 1.54) is 12.0 Å². The number of ether oxygens (including phenoxy) is 1. The van der Waals surface area contributed by atoms with E-state index in [0.717, 1.165) is 38.8 Å². The summed E-state index contributed by atoms with van der Waals surface area (Å²) >= 11 is 0. The van der Waals surface area contributed by atoms with Gasteiger partial charge in [-0.05, 0) is 69.3 Å². The second kappa shape index (κ2) is 10.5. The first-order valence-electron chi connectivity index (χ1n) is 11.9. The van der Waals surface area contributed by atoms with E-state index in [4.69, 9.17) is 4.74 Å². The number of nitrogens with one attached hydrogen (secondary N) is 1. The number of likely N-dealkylation sites (tertiary alicyclic amines) is 2. The zero-order valence-corrected chi connectivity index (χ0v) is 19.2. The number of benzene rings is 1. The van der Waals surface area contributed by atoms with Crippen molar-refractivity contribution in [3.63, 3.8) is 0 Å². The highest BCUT2D eigenvalue weighted by Gasteiger charge is 2.29. The first kappa shape index (κ1) is 23.5. The molecule has 0 unspecified atom stereocenters. The SMILES string of the molecule is COc1ccc(C(=O)N2CCC(CCN3CCC[C@H](F)C3)CC2)cc1N1CCC(=O)NC1=O. The van der Waals surface area contributed by atoms with E-state index in [0.29, 0.717) is 49.0 Å². The van der Waals surface area contributed by atoms with Crippen LogP contribution in [0.15, 0.2) is 18.2 Å². The Morgan fingerprint density at radius 2 is 1.94 bits per heavy atom. The van der Waals surface area contributed by atoms with Crippen LogP contribution in [0.4, 0.5) is 14.9 Å². The molecule has 9 heteroatoms. The van der Waals surface area contributed by atoms with E-state index in [-0.39, 0.29) is 24.8 Å². The fourth-order valence-corrected chi connectivity index (χ4v) is 5.00. The predicted molar refractivity (Wildman–Crippen MR) is 122 cm³/mol. The number of methoxy groups -OCH3 is 1. The van der Waals surface area contributed by atoms with E-state index in [1.54, 1.807) is 18.2 Å². The summed E-state index contributed by atoms with van der Waals surface area (Å²) in [5.41, 5.74) is 0.979. The number of piperidine rings is 2. The van der Waals surface area contributed by atoms with Gasteiger partial charge in [-0.2, -0.15) is 0 Å². The molecule has 180 valence electrons. The van der Waals surface area contributed by atoms with Crippen LogP contribution in [0.25, 0.3) is 0 Å². The summed E-state index contributed by atoms with van der Waals surface area (Å²) in [7, 11) is 1.51. The summed E-state index contributed by atoms with van der Waals surface area (Å²) in [6.07, 6.45) is 4.06. The Morgan fingerprint density at radius 1 is 1.15 bits per heavy atom. The van der Waals surface area contributed by atoms with Crippen LogP contribution in [0, 0.1) is 5.92 Å². The number of anilines is 1. The summed E-state index contributed by atoms with van der Waals surface area (Å²) in [6.45, 7) is 4.09. The van der Waals surface area contributed by atoms with E-state index in [1.807, 2.05) is 4.90 Å². The zero-order chi connectivity index (χ0) is 23.4. The van der Waals surface area contributed by atoms with Crippen LogP contribution in [0.5, 0.6) is 5.75 Å². The number of urea groups is 1.